The van der Waals surface area contributed by atoms with E-state index < -0.39 is 5.97 Å². The molecule has 0 spiro atoms. The quantitative estimate of drug-likeness (QED) is 0.737. The highest BCUT2D eigenvalue weighted by molar-refractivity contribution is 5.95. The molecule has 2 rings (SSSR count). The molecule has 0 amide bonds. The predicted molar refractivity (Wildman–Crippen MR) is 82.1 cm³/mol. The lowest BCUT2D eigenvalue weighted by molar-refractivity contribution is 0.0698. The largest absolute Gasteiger partial charge is 0.478 e. The molecule has 1 saturated carbocycles. The number of nitrogens with one attached hydrogen (secondary N) is 1. The Morgan fingerprint density at radius 3 is 2.30 bits per heavy atom. The highest BCUT2D eigenvalue weighted by Gasteiger charge is 2.63. The van der Waals surface area contributed by atoms with Crippen molar-refractivity contribution in [1.29, 1.82) is 0 Å². The Hall–Kier alpha value is -1.71. The van der Waals surface area contributed by atoms with Gasteiger partial charge in [0.05, 0.1) is 5.56 Å². The van der Waals surface area contributed by atoms with E-state index in [4.69, 9.17) is 10.8 Å². The van der Waals surface area contributed by atoms with Crippen LogP contribution in [-0.4, -0.2) is 17.6 Å². The Morgan fingerprint density at radius 2 is 1.85 bits per heavy atom. The lowest BCUT2D eigenvalue weighted by Crippen LogP contribution is -2.11. The van der Waals surface area contributed by atoms with Gasteiger partial charge in [-0.2, -0.15) is 0 Å². The van der Waals surface area contributed by atoms with E-state index in [2.05, 4.69) is 33.0 Å². The number of hydrogen-bond donors (Lipinski definition) is 3. The Balaban J connectivity index is 2.14. The van der Waals surface area contributed by atoms with Gasteiger partial charge in [0.1, 0.15) is 0 Å². The zero-order valence-corrected chi connectivity index (χ0v) is 12.9. The molecule has 0 saturated heterocycles. The highest BCUT2D eigenvalue weighted by atomic mass is 16.4. The van der Waals surface area contributed by atoms with Crippen LogP contribution in [0.5, 0.6) is 0 Å². The summed E-state index contributed by atoms with van der Waals surface area (Å²) in [7, 11) is 0. The van der Waals surface area contributed by atoms with Crippen molar-refractivity contribution in [3.05, 3.63) is 23.3 Å². The van der Waals surface area contributed by atoms with Crippen LogP contribution in [0.3, 0.4) is 0 Å². The molecule has 1 fully saturated rings. The van der Waals surface area contributed by atoms with Crippen LogP contribution in [-0.2, 0) is 0 Å². The minimum Gasteiger partial charge on any atom is -0.478 e. The number of nitrogens with two attached hydrogens (primary N) is 1. The molecule has 4 nitrogen and oxygen atoms in total. The molecule has 0 aromatic heterocycles. The van der Waals surface area contributed by atoms with Crippen LogP contribution in [0.4, 0.5) is 11.4 Å². The van der Waals surface area contributed by atoms with E-state index in [9.17, 15) is 4.79 Å². The normalized spacial score (nSPS) is 19.6. The molecule has 4 heteroatoms. The summed E-state index contributed by atoms with van der Waals surface area (Å²) < 4.78 is 0. The summed E-state index contributed by atoms with van der Waals surface area (Å²) >= 11 is 0. The fourth-order valence-electron chi connectivity index (χ4n) is 3.14. The molecule has 1 aliphatic carbocycles. The van der Waals surface area contributed by atoms with Crippen molar-refractivity contribution in [1.82, 2.24) is 0 Å². The first-order valence-electron chi connectivity index (χ1n) is 6.96. The molecule has 4 N–H and O–H groups in total. The lowest BCUT2D eigenvalue weighted by atomic mass is 10.0. The first kappa shape index (κ1) is 14.7. The van der Waals surface area contributed by atoms with E-state index in [0.717, 1.165) is 17.8 Å². The summed E-state index contributed by atoms with van der Waals surface area (Å²) in [4.78, 5) is 11.2. The molecular weight excluding hydrogens is 252 g/mol. The molecule has 0 unspecified atom stereocenters. The van der Waals surface area contributed by atoms with Gasteiger partial charge in [-0.3, -0.25) is 0 Å². The van der Waals surface area contributed by atoms with Crippen molar-refractivity contribution >= 4 is 17.3 Å². The maximum atomic E-state index is 11.2. The van der Waals surface area contributed by atoms with Crippen LogP contribution in [0.25, 0.3) is 0 Å². The van der Waals surface area contributed by atoms with Gasteiger partial charge in [0.2, 0.25) is 0 Å². The average molecular weight is 276 g/mol. The van der Waals surface area contributed by atoms with Crippen LogP contribution < -0.4 is 11.1 Å². The Bertz CT molecular complexity index is 548. The van der Waals surface area contributed by atoms with Gasteiger partial charge in [-0.25, -0.2) is 4.79 Å². The molecule has 20 heavy (non-hydrogen) atoms. The van der Waals surface area contributed by atoms with E-state index in [1.54, 1.807) is 6.07 Å². The number of carboxylic acids is 1. The third kappa shape index (κ3) is 2.13. The number of nitrogen functional groups attached to an aromatic ring is 1. The van der Waals surface area contributed by atoms with Gasteiger partial charge in [0, 0.05) is 17.9 Å². The van der Waals surface area contributed by atoms with Crippen LogP contribution in [0.15, 0.2) is 12.1 Å². The summed E-state index contributed by atoms with van der Waals surface area (Å²) in [5.74, 6) is -0.400. The van der Waals surface area contributed by atoms with Crippen molar-refractivity contribution in [2.75, 3.05) is 17.6 Å². The zero-order chi connectivity index (χ0) is 15.3. The summed E-state index contributed by atoms with van der Waals surface area (Å²) in [6.07, 6.45) is 0. The third-order valence-corrected chi connectivity index (χ3v) is 5.45. The van der Waals surface area contributed by atoms with Gasteiger partial charge >= 0.3 is 5.97 Å². The van der Waals surface area contributed by atoms with Gasteiger partial charge < -0.3 is 16.2 Å². The number of carboxylic acid groups (broad SMARTS) is 1. The molecule has 1 aromatic rings. The topological polar surface area (TPSA) is 75.3 Å². The van der Waals surface area contributed by atoms with Gasteiger partial charge in [0.15, 0.2) is 0 Å². The standard InChI is InChI=1S/C16H24N2O2/c1-9-6-10(7-11(13(9)17)14(19)20)18-8-12-15(2,3)16(12,4)5/h6-7,12,18H,8,17H2,1-5H3,(H,19,20). The Labute approximate surface area is 120 Å². The van der Waals surface area contributed by atoms with Crippen LogP contribution in [0.1, 0.15) is 43.6 Å². The number of anilines is 2. The minimum absolute atomic E-state index is 0.168. The van der Waals surface area contributed by atoms with Crippen molar-refractivity contribution in [3.8, 4) is 0 Å². The summed E-state index contributed by atoms with van der Waals surface area (Å²) in [5.41, 5.74) is 8.56. The second kappa shape index (κ2) is 4.40. The number of hydrogen-bond acceptors (Lipinski definition) is 3. The van der Waals surface area contributed by atoms with Crippen molar-refractivity contribution in [2.45, 2.75) is 34.6 Å². The number of carbonyl (C=O) groups is 1. The second-order valence-corrected chi connectivity index (χ2v) is 6.94. The number of aryl methyl sites for hydroxylation is 1. The highest BCUT2D eigenvalue weighted by Crippen LogP contribution is 2.68. The van der Waals surface area contributed by atoms with E-state index in [-0.39, 0.29) is 5.56 Å². The van der Waals surface area contributed by atoms with Crippen molar-refractivity contribution in [3.63, 3.8) is 0 Å². The van der Waals surface area contributed by atoms with E-state index in [1.165, 1.54) is 0 Å². The monoisotopic (exact) mass is 276 g/mol. The molecule has 1 aliphatic rings. The maximum Gasteiger partial charge on any atom is 0.337 e. The van der Waals surface area contributed by atoms with Crippen molar-refractivity contribution < 1.29 is 9.90 Å². The molecule has 0 heterocycles. The molecule has 1 aromatic carbocycles. The molecule has 0 atom stereocenters. The number of rotatable bonds is 4. The average Bonchev–Trinajstić information content (AvgIpc) is 2.71. The molecule has 110 valence electrons. The van der Waals surface area contributed by atoms with Crippen molar-refractivity contribution in [2.24, 2.45) is 16.7 Å². The maximum absolute atomic E-state index is 11.2. The lowest BCUT2D eigenvalue weighted by Gasteiger charge is -2.12. The summed E-state index contributed by atoms with van der Waals surface area (Å²) in [6, 6.07) is 3.52. The van der Waals surface area contributed by atoms with Crippen LogP contribution in [0.2, 0.25) is 0 Å². The smallest absolute Gasteiger partial charge is 0.337 e. The fraction of sp³-hybridized carbons (Fsp3) is 0.562. The van der Waals surface area contributed by atoms with Gasteiger partial charge in [-0.15, -0.1) is 0 Å². The molecular formula is C16H24N2O2. The Morgan fingerprint density at radius 1 is 1.30 bits per heavy atom. The van der Waals surface area contributed by atoms with E-state index in [1.807, 2.05) is 13.0 Å². The second-order valence-electron chi connectivity index (χ2n) is 6.94. The molecule has 0 aliphatic heterocycles. The number of aromatic carboxylic acids is 1. The van der Waals surface area contributed by atoms with Gasteiger partial charge in [0.25, 0.3) is 0 Å². The zero-order valence-electron chi connectivity index (χ0n) is 12.9. The Kier molecular flexibility index (Phi) is 3.23. The summed E-state index contributed by atoms with van der Waals surface area (Å²) in [5, 5.41) is 12.5. The third-order valence-electron chi connectivity index (χ3n) is 5.45. The molecule has 0 bridgehead atoms. The minimum atomic E-state index is -0.985. The number of benzene rings is 1. The van der Waals surface area contributed by atoms with Crippen LogP contribution >= 0.6 is 0 Å². The predicted octanol–water partition coefficient (Wildman–Crippen LogP) is 3.37. The van der Waals surface area contributed by atoms with E-state index >= 15 is 0 Å². The summed E-state index contributed by atoms with van der Waals surface area (Å²) in [6.45, 7) is 11.8. The first-order valence-corrected chi connectivity index (χ1v) is 6.96. The van der Waals surface area contributed by atoms with E-state index in [0.29, 0.717) is 22.4 Å². The molecule has 0 radical (unpaired) electrons. The first-order chi connectivity index (χ1) is 9.09. The van der Waals surface area contributed by atoms with Crippen LogP contribution in [0, 0.1) is 23.7 Å². The van der Waals surface area contributed by atoms with Gasteiger partial charge in [-0.1, -0.05) is 27.7 Å². The van der Waals surface area contributed by atoms with Gasteiger partial charge in [-0.05, 0) is 41.4 Å². The fourth-order valence-corrected chi connectivity index (χ4v) is 3.14. The SMILES string of the molecule is Cc1cc(NCC2C(C)(C)C2(C)C)cc(C(=O)O)c1N.